The molecule has 0 amide bonds. The summed E-state index contributed by atoms with van der Waals surface area (Å²) >= 11 is 0. The van der Waals surface area contributed by atoms with E-state index in [1.807, 2.05) is 0 Å². The first-order chi connectivity index (χ1) is 7.20. The molecular weight excluding hydrogens is 257 g/mol. The highest BCUT2D eigenvalue weighted by molar-refractivity contribution is 7.45. The van der Waals surface area contributed by atoms with Gasteiger partial charge in [-0.25, -0.2) is 4.57 Å². The molecule has 10 nitrogen and oxygen atoms in total. The Morgan fingerprint density at radius 2 is 0.647 bits per heavy atom. The molecule has 0 aliphatic rings. The van der Waals surface area contributed by atoms with Gasteiger partial charge in [0.15, 0.2) is 0 Å². The Labute approximate surface area is 101 Å². The first-order valence-electron chi connectivity index (χ1n) is 4.07. The summed E-state index contributed by atoms with van der Waals surface area (Å²) in [5.74, 6) is 0. The highest BCUT2D eigenvalue weighted by atomic mass is 31.2. The minimum Gasteiger partial charge on any atom is -0.315 e. The zero-order valence-corrected chi connectivity index (χ0v) is 11.8. The van der Waals surface area contributed by atoms with Crippen molar-refractivity contribution in [1.82, 2.24) is 15.2 Å². The second-order valence-electron chi connectivity index (χ2n) is 3.05. The fraction of sp³-hybridized carbons (Fsp3) is 1.00. The van der Waals surface area contributed by atoms with Crippen molar-refractivity contribution >= 4 is 7.82 Å². The largest absolute Gasteiger partial charge is 0.466 e. The first kappa shape index (κ1) is 25.7. The van der Waals surface area contributed by atoms with Gasteiger partial charge < -0.3 is 30.3 Å². The minimum atomic E-state index is -4.64. The molecule has 0 fully saturated rings. The van der Waals surface area contributed by atoms with Crippen LogP contribution in [-0.2, 0) is 4.57 Å². The van der Waals surface area contributed by atoms with Gasteiger partial charge in [-0.1, -0.05) is 0 Å². The highest BCUT2D eigenvalue weighted by Gasteiger charge is 2.00. The molecule has 0 aromatic carbocycles. The smallest absolute Gasteiger partial charge is 0.315 e. The molecule has 0 radical (unpaired) electrons. The van der Waals surface area contributed by atoms with Crippen molar-refractivity contribution in [2.24, 2.45) is 0 Å². The van der Waals surface area contributed by atoms with E-state index in [0.717, 1.165) is 15.2 Å². The van der Waals surface area contributed by atoms with Gasteiger partial charge in [-0.2, -0.15) is 15.2 Å². The van der Waals surface area contributed by atoms with Crippen LogP contribution in [0.1, 0.15) is 0 Å². The maximum atomic E-state index is 8.88. The van der Waals surface area contributed by atoms with Crippen molar-refractivity contribution in [3.05, 3.63) is 0 Å². The zero-order chi connectivity index (χ0) is 15.2. The van der Waals surface area contributed by atoms with E-state index in [1.165, 1.54) is 0 Å². The molecule has 0 unspecified atom stereocenters. The molecule has 0 aromatic rings. The predicted octanol–water partition coefficient (Wildman–Crippen LogP) is -1.12. The number of rotatable bonds is 0. The molecule has 17 heavy (non-hydrogen) atoms. The van der Waals surface area contributed by atoms with E-state index in [4.69, 9.17) is 34.9 Å². The Hall–Kier alpha value is -0.130. The van der Waals surface area contributed by atoms with Crippen LogP contribution >= 0.6 is 7.82 Å². The van der Waals surface area contributed by atoms with Crippen LogP contribution in [-0.4, -0.2) is 87.8 Å². The van der Waals surface area contributed by atoms with Crippen LogP contribution in [0.3, 0.4) is 0 Å². The summed E-state index contributed by atoms with van der Waals surface area (Å²) in [5, 5.41) is 26.7. The van der Waals surface area contributed by atoms with E-state index in [-0.39, 0.29) is 0 Å². The highest BCUT2D eigenvalue weighted by Crippen LogP contribution is 2.25. The summed E-state index contributed by atoms with van der Waals surface area (Å²) < 4.78 is 8.88. The fourth-order valence-electron chi connectivity index (χ4n) is 0. The lowest BCUT2D eigenvalue weighted by Gasteiger charge is -1.89. The van der Waals surface area contributed by atoms with E-state index in [1.54, 1.807) is 42.3 Å². The van der Waals surface area contributed by atoms with Crippen LogP contribution < -0.4 is 0 Å². The normalized spacial score (nSPS) is 9.82. The Kier molecular flexibility index (Phi) is 23.9. The maximum absolute atomic E-state index is 8.88. The summed E-state index contributed by atoms with van der Waals surface area (Å²) in [4.78, 5) is 21.6. The van der Waals surface area contributed by atoms with Crippen molar-refractivity contribution in [1.29, 1.82) is 0 Å². The number of hydroxylamine groups is 6. The standard InChI is InChI=1S/3C2H7NO.H3O4P/c3*1-3(2)4;1-5(2,3)4/h3*4H,1-2H3;(H3,1,2,3,4). The van der Waals surface area contributed by atoms with E-state index >= 15 is 0 Å². The third-order valence-electron chi connectivity index (χ3n) is 0. The summed E-state index contributed by atoms with van der Waals surface area (Å²) in [7, 11) is 4.69. The lowest BCUT2D eigenvalue weighted by atomic mass is 11.2. The molecule has 0 saturated carbocycles. The van der Waals surface area contributed by atoms with Crippen molar-refractivity contribution in [2.45, 2.75) is 0 Å². The number of nitrogens with zero attached hydrogens (tertiary/aromatic N) is 3. The van der Waals surface area contributed by atoms with Gasteiger partial charge in [0.2, 0.25) is 0 Å². The summed E-state index contributed by atoms with van der Waals surface area (Å²) in [6, 6.07) is 0. The molecule has 6 N–H and O–H groups in total. The van der Waals surface area contributed by atoms with Crippen LogP contribution in [0.25, 0.3) is 0 Å². The third kappa shape index (κ3) is 181000. The van der Waals surface area contributed by atoms with Crippen molar-refractivity contribution in [3.63, 3.8) is 0 Å². The molecule has 0 heterocycles. The Morgan fingerprint density at radius 3 is 0.647 bits per heavy atom. The van der Waals surface area contributed by atoms with Crippen molar-refractivity contribution < 1.29 is 34.9 Å². The van der Waals surface area contributed by atoms with Gasteiger partial charge in [0.05, 0.1) is 0 Å². The minimum absolute atomic E-state index is 1.00. The van der Waals surface area contributed by atoms with Gasteiger partial charge in [0.1, 0.15) is 0 Å². The average molecular weight is 281 g/mol. The van der Waals surface area contributed by atoms with Crippen molar-refractivity contribution in [3.8, 4) is 0 Å². The Balaban J connectivity index is -0.0000000667. The topological polar surface area (TPSA) is 148 Å². The predicted molar refractivity (Wildman–Crippen MR) is 60.7 cm³/mol. The molecule has 0 aromatic heterocycles. The van der Waals surface area contributed by atoms with Gasteiger partial charge >= 0.3 is 7.82 Å². The quantitative estimate of drug-likeness (QED) is 0.238. The first-order valence-corrected chi connectivity index (χ1v) is 5.63. The van der Waals surface area contributed by atoms with Gasteiger partial charge in [0.25, 0.3) is 0 Å². The number of hydrogen-bond donors (Lipinski definition) is 6. The Morgan fingerprint density at radius 1 is 0.647 bits per heavy atom. The summed E-state index contributed by atoms with van der Waals surface area (Å²) in [5.41, 5.74) is 0. The fourth-order valence-corrected chi connectivity index (χ4v) is 0. The second-order valence-corrected chi connectivity index (χ2v) is 4.08. The van der Waals surface area contributed by atoms with E-state index in [9.17, 15) is 0 Å². The SMILES string of the molecule is CN(C)O.CN(C)O.CN(C)O.O=P(O)(O)O. The maximum Gasteiger partial charge on any atom is 0.466 e. The molecule has 0 atom stereocenters. The van der Waals surface area contributed by atoms with Crippen molar-refractivity contribution in [2.75, 3.05) is 42.3 Å². The monoisotopic (exact) mass is 281 g/mol. The summed E-state index contributed by atoms with van der Waals surface area (Å²) in [6.45, 7) is 0. The van der Waals surface area contributed by atoms with E-state index in [0.29, 0.717) is 0 Å². The molecule has 110 valence electrons. The van der Waals surface area contributed by atoms with Crippen LogP contribution in [0, 0.1) is 0 Å². The van der Waals surface area contributed by atoms with Gasteiger partial charge in [-0.15, -0.1) is 0 Å². The van der Waals surface area contributed by atoms with Crippen LogP contribution in [0.2, 0.25) is 0 Å². The average Bonchev–Trinajstić information content (AvgIpc) is 1.73. The second kappa shape index (κ2) is 15.9. The molecule has 0 bridgehead atoms. The molecule has 0 saturated heterocycles. The molecule has 0 rings (SSSR count). The number of hydrogen-bond acceptors (Lipinski definition) is 7. The lowest BCUT2D eigenvalue weighted by Crippen LogP contribution is -2.01. The van der Waals surface area contributed by atoms with E-state index < -0.39 is 7.82 Å². The third-order valence-corrected chi connectivity index (χ3v) is 0. The van der Waals surface area contributed by atoms with Crippen LogP contribution in [0.15, 0.2) is 0 Å². The molecule has 11 heteroatoms. The van der Waals surface area contributed by atoms with E-state index in [2.05, 4.69) is 0 Å². The van der Waals surface area contributed by atoms with Crippen LogP contribution in [0.4, 0.5) is 0 Å². The Bertz CT molecular complexity index is 142. The van der Waals surface area contributed by atoms with Crippen LogP contribution in [0.5, 0.6) is 0 Å². The zero-order valence-electron chi connectivity index (χ0n) is 10.9. The molecule has 0 aliphatic heterocycles. The lowest BCUT2D eigenvalue weighted by molar-refractivity contribution is -0.0375. The van der Waals surface area contributed by atoms with Gasteiger partial charge in [-0.3, -0.25) is 0 Å². The number of phosphoric acid groups is 1. The molecule has 0 aliphatic carbocycles. The molecular formula is C6H24N3O7P. The van der Waals surface area contributed by atoms with Gasteiger partial charge in [-0.05, 0) is 0 Å². The van der Waals surface area contributed by atoms with Gasteiger partial charge in [0, 0.05) is 42.3 Å². The molecule has 0 spiro atoms. The summed E-state index contributed by atoms with van der Waals surface area (Å²) in [6.07, 6.45) is 0.